The summed E-state index contributed by atoms with van der Waals surface area (Å²) in [6, 6.07) is 26.0. The lowest BCUT2D eigenvalue weighted by molar-refractivity contribution is 1.28. The first-order valence-electron chi connectivity index (χ1n) is 8.26. The van der Waals surface area contributed by atoms with Gasteiger partial charge >= 0.3 is 0 Å². The van der Waals surface area contributed by atoms with Crippen LogP contribution in [0.5, 0.6) is 0 Å². The van der Waals surface area contributed by atoms with Crippen molar-refractivity contribution in [1.82, 2.24) is 9.38 Å². The van der Waals surface area contributed by atoms with E-state index >= 15 is 0 Å². The van der Waals surface area contributed by atoms with E-state index < -0.39 is 0 Å². The van der Waals surface area contributed by atoms with E-state index in [9.17, 15) is 5.26 Å². The zero-order chi connectivity index (χ0) is 17.7. The molecule has 2 heterocycles. The summed E-state index contributed by atoms with van der Waals surface area (Å²) in [5, 5.41) is 11.6. The van der Waals surface area contributed by atoms with Crippen LogP contribution in [0.25, 0.3) is 38.7 Å². The van der Waals surface area contributed by atoms with Crippen molar-refractivity contribution in [3.8, 4) is 17.2 Å². The number of nitrogens with zero attached hydrogens (tertiary/aromatic N) is 3. The number of fused-ring (bicyclic) bond motifs is 5. The first-order valence-corrected chi connectivity index (χ1v) is 8.63. The second kappa shape index (κ2) is 5.59. The fraction of sp³-hybridized carbons (Fsp3) is 0. The molecule has 2 aromatic heterocycles. The summed E-state index contributed by atoms with van der Waals surface area (Å²) in [5.41, 5.74) is 5.87. The third kappa shape index (κ3) is 2.03. The average Bonchev–Trinajstić information content (AvgIpc) is 3.07. The lowest BCUT2D eigenvalue weighted by Gasteiger charge is -2.13. The smallest absolute Gasteiger partial charge is 0.157 e. The van der Waals surface area contributed by atoms with E-state index in [0.717, 1.165) is 33.1 Å². The van der Waals surface area contributed by atoms with Crippen molar-refractivity contribution in [2.75, 3.05) is 0 Å². The Hall–Kier alpha value is -3.35. The van der Waals surface area contributed by atoms with Gasteiger partial charge in [0.25, 0.3) is 0 Å². The predicted octanol–water partition coefficient (Wildman–Crippen LogP) is 5.83. The third-order valence-electron chi connectivity index (χ3n) is 4.68. The molecule has 5 rings (SSSR count). The van der Waals surface area contributed by atoms with Gasteiger partial charge in [-0.25, -0.2) is 4.98 Å². The average molecular weight is 354 g/mol. The number of nitriles is 1. The minimum atomic E-state index is 0.572. The first kappa shape index (κ1) is 14.9. The second-order valence-electron chi connectivity index (χ2n) is 6.15. The van der Waals surface area contributed by atoms with E-state index in [0.29, 0.717) is 16.2 Å². The van der Waals surface area contributed by atoms with Gasteiger partial charge in [-0.3, -0.25) is 4.40 Å². The van der Waals surface area contributed by atoms with Gasteiger partial charge < -0.3 is 0 Å². The molecule has 0 aliphatic rings. The van der Waals surface area contributed by atoms with E-state index in [-0.39, 0.29) is 0 Å². The standard InChI is InChI=1S/C22H12ClN3/c23-15-10-11-16-20(12-15)26-19-9-5-4-8-18(19)25-22(26)17(13-24)21(16)14-6-2-1-3-7-14/h1-12H. The molecule has 0 aliphatic carbocycles. The molecule has 0 spiro atoms. The SMILES string of the molecule is N#Cc1c(-c2ccccc2)c2ccc(Cl)cc2n2c1nc1ccccc12. The van der Waals surface area contributed by atoms with Gasteiger partial charge in [0.05, 0.1) is 16.6 Å². The quantitative estimate of drug-likeness (QED) is 0.380. The van der Waals surface area contributed by atoms with Crippen molar-refractivity contribution in [1.29, 1.82) is 5.26 Å². The molecule has 0 radical (unpaired) electrons. The Labute approximate surface area is 154 Å². The van der Waals surface area contributed by atoms with E-state index in [4.69, 9.17) is 16.6 Å². The molecule has 3 aromatic carbocycles. The minimum Gasteiger partial charge on any atom is -0.291 e. The van der Waals surface area contributed by atoms with Crippen LogP contribution in [0.4, 0.5) is 0 Å². The fourth-order valence-corrected chi connectivity index (χ4v) is 3.76. The number of benzene rings is 3. The van der Waals surface area contributed by atoms with Crippen molar-refractivity contribution in [3.63, 3.8) is 0 Å². The number of hydrogen-bond donors (Lipinski definition) is 0. The van der Waals surface area contributed by atoms with Crippen molar-refractivity contribution in [3.05, 3.63) is 83.4 Å². The molecule has 26 heavy (non-hydrogen) atoms. The number of rotatable bonds is 1. The summed E-state index contributed by atoms with van der Waals surface area (Å²) in [5.74, 6) is 0. The van der Waals surface area contributed by atoms with Crippen LogP contribution in [0.1, 0.15) is 5.56 Å². The number of pyridine rings is 1. The molecule has 0 N–H and O–H groups in total. The van der Waals surface area contributed by atoms with Gasteiger partial charge in [0.15, 0.2) is 5.65 Å². The zero-order valence-electron chi connectivity index (χ0n) is 13.6. The highest BCUT2D eigenvalue weighted by Crippen LogP contribution is 2.37. The van der Waals surface area contributed by atoms with Gasteiger partial charge in [0.2, 0.25) is 0 Å². The molecule has 0 fully saturated rings. The van der Waals surface area contributed by atoms with Crippen molar-refractivity contribution >= 4 is 39.2 Å². The Morgan fingerprint density at radius 3 is 2.46 bits per heavy atom. The van der Waals surface area contributed by atoms with Gasteiger partial charge in [-0.15, -0.1) is 0 Å². The van der Waals surface area contributed by atoms with E-state index in [1.165, 1.54) is 0 Å². The van der Waals surface area contributed by atoms with Crippen molar-refractivity contribution < 1.29 is 0 Å². The summed E-state index contributed by atoms with van der Waals surface area (Å²) in [6.07, 6.45) is 0. The molecule has 122 valence electrons. The van der Waals surface area contributed by atoms with Gasteiger partial charge in [0, 0.05) is 16.0 Å². The summed E-state index contributed by atoms with van der Waals surface area (Å²) < 4.78 is 2.03. The zero-order valence-corrected chi connectivity index (χ0v) is 14.4. The highest BCUT2D eigenvalue weighted by molar-refractivity contribution is 6.31. The maximum Gasteiger partial charge on any atom is 0.157 e. The highest BCUT2D eigenvalue weighted by Gasteiger charge is 2.19. The topological polar surface area (TPSA) is 41.1 Å². The Morgan fingerprint density at radius 2 is 1.65 bits per heavy atom. The summed E-state index contributed by atoms with van der Waals surface area (Å²) >= 11 is 6.31. The second-order valence-corrected chi connectivity index (χ2v) is 6.59. The van der Waals surface area contributed by atoms with Crippen molar-refractivity contribution in [2.45, 2.75) is 0 Å². The number of para-hydroxylation sites is 2. The van der Waals surface area contributed by atoms with Gasteiger partial charge in [-0.2, -0.15) is 5.26 Å². The van der Waals surface area contributed by atoms with Gasteiger partial charge in [0.1, 0.15) is 11.6 Å². The Bertz CT molecular complexity index is 1340. The number of halogens is 1. The fourth-order valence-electron chi connectivity index (χ4n) is 3.60. The number of imidazole rings is 1. The van der Waals surface area contributed by atoms with Gasteiger partial charge in [-0.1, -0.05) is 60.1 Å². The molecule has 4 heteroatoms. The molecule has 0 atom stereocenters. The molecule has 0 unspecified atom stereocenters. The van der Waals surface area contributed by atoms with Crippen LogP contribution in [0.3, 0.4) is 0 Å². The first-order chi connectivity index (χ1) is 12.8. The van der Waals surface area contributed by atoms with Crippen LogP contribution in [-0.2, 0) is 0 Å². The maximum absolute atomic E-state index is 9.99. The highest BCUT2D eigenvalue weighted by atomic mass is 35.5. The monoisotopic (exact) mass is 353 g/mol. The minimum absolute atomic E-state index is 0.572. The maximum atomic E-state index is 9.99. The molecule has 0 saturated heterocycles. The molecule has 3 nitrogen and oxygen atoms in total. The molecule has 5 aromatic rings. The Morgan fingerprint density at radius 1 is 0.885 bits per heavy atom. The number of aromatic nitrogens is 2. The number of hydrogen-bond acceptors (Lipinski definition) is 2. The lowest BCUT2D eigenvalue weighted by Crippen LogP contribution is -1.97. The Kier molecular flexibility index (Phi) is 3.21. The Balaban J connectivity index is 2.11. The largest absolute Gasteiger partial charge is 0.291 e. The summed E-state index contributed by atoms with van der Waals surface area (Å²) in [6.45, 7) is 0. The molecule has 0 saturated carbocycles. The van der Waals surface area contributed by atoms with E-state index in [1.54, 1.807) is 0 Å². The summed E-state index contributed by atoms with van der Waals surface area (Å²) in [7, 11) is 0. The van der Waals surface area contributed by atoms with Crippen LogP contribution in [0, 0.1) is 11.3 Å². The normalized spacial score (nSPS) is 11.2. The molecule has 0 amide bonds. The van der Waals surface area contributed by atoms with Gasteiger partial charge in [-0.05, 0) is 29.8 Å². The molecule has 0 aliphatic heterocycles. The molecule has 0 bridgehead atoms. The van der Waals surface area contributed by atoms with Crippen molar-refractivity contribution in [2.24, 2.45) is 0 Å². The van der Waals surface area contributed by atoms with Crippen LogP contribution in [0.2, 0.25) is 5.02 Å². The van der Waals surface area contributed by atoms with Crippen LogP contribution in [-0.4, -0.2) is 9.38 Å². The van der Waals surface area contributed by atoms with E-state index in [2.05, 4.69) is 6.07 Å². The van der Waals surface area contributed by atoms with Crippen LogP contribution in [0.15, 0.2) is 72.8 Å². The van der Waals surface area contributed by atoms with E-state index in [1.807, 2.05) is 77.2 Å². The predicted molar refractivity (Wildman–Crippen MR) is 105 cm³/mol. The van der Waals surface area contributed by atoms with Crippen LogP contribution < -0.4 is 0 Å². The summed E-state index contributed by atoms with van der Waals surface area (Å²) in [4.78, 5) is 4.75. The lowest BCUT2D eigenvalue weighted by atomic mass is 9.96. The molecular formula is C22H12ClN3. The molecular weight excluding hydrogens is 342 g/mol. The van der Waals surface area contributed by atoms with Crippen LogP contribution >= 0.6 is 11.6 Å². The third-order valence-corrected chi connectivity index (χ3v) is 4.91.